The van der Waals surface area contributed by atoms with Crippen molar-refractivity contribution in [3.05, 3.63) is 0 Å². The molecule has 0 aliphatic carbocycles. The third kappa shape index (κ3) is 10.7. The van der Waals surface area contributed by atoms with Crippen LogP contribution in [0, 0.1) is 0 Å². The van der Waals surface area contributed by atoms with Gasteiger partial charge in [-0.3, -0.25) is 4.79 Å². The Bertz CT molecular complexity index is 146. The summed E-state index contributed by atoms with van der Waals surface area (Å²) in [7, 11) is 0. The molecule has 0 saturated carbocycles. The largest absolute Gasteiger partial charge is 1.00 e. The van der Waals surface area contributed by atoms with Gasteiger partial charge in [-0.05, 0) is 6.42 Å². The summed E-state index contributed by atoms with van der Waals surface area (Å²) in [5.41, 5.74) is 0. The minimum absolute atomic E-state index is 0. The van der Waals surface area contributed by atoms with E-state index < -0.39 is 18.4 Å². The molecule has 0 aliphatic heterocycles. The molecule has 0 rings (SSSR count). The van der Waals surface area contributed by atoms with Crippen molar-refractivity contribution in [2.75, 3.05) is 6.61 Å². The normalized spacial score (nSPS) is 8.42. The summed E-state index contributed by atoms with van der Waals surface area (Å²) in [6.07, 6.45) is 1.03. The van der Waals surface area contributed by atoms with Crippen LogP contribution < -0.4 is 63.3 Å². The second kappa shape index (κ2) is 9.83. The minimum atomic E-state index is -1.40. The second-order valence-electron chi connectivity index (χ2n) is 2.12. The van der Waals surface area contributed by atoms with E-state index in [4.69, 9.17) is 0 Å². The molecule has 0 fully saturated rings. The maximum absolute atomic E-state index is 10.5. The second-order valence-corrected chi connectivity index (χ2v) is 2.12. The third-order valence-electron chi connectivity index (χ3n) is 1.05. The van der Waals surface area contributed by atoms with E-state index in [9.17, 15) is 14.7 Å². The van der Waals surface area contributed by atoms with Crippen LogP contribution in [0.2, 0.25) is 0 Å². The Morgan fingerprint density at radius 2 is 2.00 bits per heavy atom. The molecule has 0 aliphatic rings. The van der Waals surface area contributed by atoms with E-state index in [-0.39, 0.29) is 58.2 Å². The third-order valence-corrected chi connectivity index (χ3v) is 1.05. The van der Waals surface area contributed by atoms with Gasteiger partial charge < -0.3 is 14.6 Å². The number of carbonyl (C=O) groups is 2. The zero-order chi connectivity index (χ0) is 8.69. The molecule has 0 aromatic carbocycles. The maximum atomic E-state index is 10.5. The SMILES string of the molecule is CCCCOC(=O)CC(=O)[O-].[Rb+]. The molecule has 0 atom stereocenters. The molecule has 0 spiro atoms. The van der Waals surface area contributed by atoms with E-state index in [1.807, 2.05) is 6.92 Å². The molecule has 5 heteroatoms. The fourth-order valence-corrected chi connectivity index (χ4v) is 0.499. The van der Waals surface area contributed by atoms with Gasteiger partial charge in [-0.2, -0.15) is 0 Å². The molecule has 0 unspecified atom stereocenters. The van der Waals surface area contributed by atoms with Gasteiger partial charge in [0, 0.05) is 0 Å². The number of carbonyl (C=O) groups excluding carboxylic acids is 2. The fraction of sp³-hybridized carbons (Fsp3) is 0.714. The average Bonchev–Trinajstić information content (AvgIpc) is 1.86. The molecule has 0 aromatic heterocycles. The van der Waals surface area contributed by atoms with E-state index in [2.05, 4.69) is 4.74 Å². The van der Waals surface area contributed by atoms with Crippen molar-refractivity contribution in [3.8, 4) is 0 Å². The average molecular weight is 245 g/mol. The van der Waals surface area contributed by atoms with Gasteiger partial charge in [0.2, 0.25) is 0 Å². The minimum Gasteiger partial charge on any atom is -0.550 e. The quantitative estimate of drug-likeness (QED) is 0.286. The van der Waals surface area contributed by atoms with Gasteiger partial charge >= 0.3 is 64.2 Å². The molecule has 0 saturated heterocycles. The molecule has 64 valence electrons. The van der Waals surface area contributed by atoms with Crippen LogP contribution in [0.25, 0.3) is 0 Å². The molecular formula is C7H11O4Rb. The number of carboxylic acid groups (broad SMARTS) is 1. The first-order chi connectivity index (χ1) is 5.16. The van der Waals surface area contributed by atoms with Crippen LogP contribution in [0.3, 0.4) is 0 Å². The molecule has 0 bridgehead atoms. The van der Waals surface area contributed by atoms with Crippen molar-refractivity contribution in [2.45, 2.75) is 26.2 Å². The summed E-state index contributed by atoms with van der Waals surface area (Å²) < 4.78 is 4.53. The van der Waals surface area contributed by atoms with Crippen LogP contribution in [-0.4, -0.2) is 18.5 Å². The first-order valence-electron chi connectivity index (χ1n) is 3.52. The zero-order valence-corrected chi connectivity index (χ0v) is 12.4. The summed E-state index contributed by atoms with van der Waals surface area (Å²) in [5.74, 6) is -2.12. The number of hydrogen-bond acceptors (Lipinski definition) is 4. The number of ether oxygens (including phenoxy) is 1. The van der Waals surface area contributed by atoms with Gasteiger partial charge in [0.15, 0.2) is 0 Å². The number of esters is 1. The van der Waals surface area contributed by atoms with Gasteiger partial charge in [-0.15, -0.1) is 0 Å². The summed E-state index contributed by atoms with van der Waals surface area (Å²) in [4.78, 5) is 20.3. The molecule has 0 amide bonds. The summed E-state index contributed by atoms with van der Waals surface area (Å²) in [6, 6.07) is 0. The predicted molar refractivity (Wildman–Crippen MR) is 35.5 cm³/mol. The van der Waals surface area contributed by atoms with Gasteiger partial charge in [-0.1, -0.05) is 13.3 Å². The van der Waals surface area contributed by atoms with Crippen molar-refractivity contribution in [3.63, 3.8) is 0 Å². The van der Waals surface area contributed by atoms with Crippen molar-refractivity contribution < 1.29 is 77.6 Å². The Kier molecular flexibility index (Phi) is 12.5. The number of rotatable bonds is 5. The Hall–Kier alpha value is 0.745. The molecule has 12 heavy (non-hydrogen) atoms. The monoisotopic (exact) mass is 244 g/mol. The molecule has 0 N–H and O–H groups in total. The van der Waals surface area contributed by atoms with Crippen LogP contribution in [0.5, 0.6) is 0 Å². The standard InChI is InChI=1S/C7H12O4.Rb/c1-2-3-4-11-7(10)5-6(8)9;/h2-5H2,1H3,(H,8,9);/q;+1/p-1. The Balaban J connectivity index is 0. The van der Waals surface area contributed by atoms with Crippen LogP contribution >= 0.6 is 0 Å². The topological polar surface area (TPSA) is 66.4 Å². The first-order valence-corrected chi connectivity index (χ1v) is 3.52. The maximum Gasteiger partial charge on any atom is 1.00 e. The predicted octanol–water partition coefficient (Wildman–Crippen LogP) is -3.53. The van der Waals surface area contributed by atoms with E-state index in [0.717, 1.165) is 12.8 Å². The number of unbranched alkanes of at least 4 members (excludes halogenated alkanes) is 1. The fourth-order valence-electron chi connectivity index (χ4n) is 0.499. The van der Waals surface area contributed by atoms with Crippen LogP contribution in [0.1, 0.15) is 26.2 Å². The van der Waals surface area contributed by atoms with Gasteiger partial charge in [0.1, 0.15) is 0 Å². The van der Waals surface area contributed by atoms with Gasteiger partial charge in [0.25, 0.3) is 0 Å². The number of hydrogen-bond donors (Lipinski definition) is 0. The van der Waals surface area contributed by atoms with E-state index in [1.54, 1.807) is 0 Å². The van der Waals surface area contributed by atoms with E-state index >= 15 is 0 Å². The summed E-state index contributed by atoms with van der Waals surface area (Å²) >= 11 is 0. The molecule has 0 heterocycles. The Labute approximate surface area is 120 Å². The first kappa shape index (κ1) is 15.2. The Morgan fingerprint density at radius 1 is 1.42 bits per heavy atom. The van der Waals surface area contributed by atoms with Gasteiger partial charge in [-0.25, -0.2) is 0 Å². The molecule has 0 radical (unpaired) electrons. The van der Waals surface area contributed by atoms with E-state index in [1.165, 1.54) is 0 Å². The van der Waals surface area contributed by atoms with Crippen molar-refractivity contribution in [1.29, 1.82) is 0 Å². The van der Waals surface area contributed by atoms with Crippen LogP contribution in [0.15, 0.2) is 0 Å². The molecule has 0 aromatic rings. The van der Waals surface area contributed by atoms with Crippen molar-refractivity contribution in [2.24, 2.45) is 0 Å². The molecular weight excluding hydrogens is 234 g/mol. The summed E-state index contributed by atoms with van der Waals surface area (Å²) in [6.45, 7) is 2.25. The van der Waals surface area contributed by atoms with E-state index in [0.29, 0.717) is 6.61 Å². The number of carboxylic acids is 1. The van der Waals surface area contributed by atoms with Crippen molar-refractivity contribution in [1.82, 2.24) is 0 Å². The van der Waals surface area contributed by atoms with Crippen LogP contribution in [0.4, 0.5) is 0 Å². The van der Waals surface area contributed by atoms with Crippen LogP contribution in [-0.2, 0) is 14.3 Å². The Morgan fingerprint density at radius 3 is 2.42 bits per heavy atom. The van der Waals surface area contributed by atoms with Gasteiger partial charge in [0.05, 0.1) is 19.0 Å². The molecule has 4 nitrogen and oxygen atoms in total. The number of aliphatic carboxylic acids is 1. The van der Waals surface area contributed by atoms with Crippen molar-refractivity contribution >= 4 is 11.9 Å². The summed E-state index contributed by atoms with van der Waals surface area (Å²) in [5, 5.41) is 9.83. The zero-order valence-electron chi connectivity index (χ0n) is 7.46. The smallest absolute Gasteiger partial charge is 0.550 e.